The van der Waals surface area contributed by atoms with Crippen LogP contribution in [0, 0.1) is 6.92 Å². The minimum atomic E-state index is -3.41. The molecule has 6 rings (SSSR count). The second-order valence-electron chi connectivity index (χ2n) is 11.4. The maximum absolute atomic E-state index is 12.5. The minimum absolute atomic E-state index is 0.389. The first-order valence-electron chi connectivity index (χ1n) is 14.8. The number of halogens is 1. The zero-order valence-electron chi connectivity index (χ0n) is 24.9. The summed E-state index contributed by atoms with van der Waals surface area (Å²) in [5.41, 5.74) is 5.43. The van der Waals surface area contributed by atoms with Gasteiger partial charge in [0.25, 0.3) is 0 Å². The number of hydrogen-bond donors (Lipinski definition) is 3. The Hall–Kier alpha value is -3.13. The number of nitrogens with one attached hydrogen (secondary N) is 3. The van der Waals surface area contributed by atoms with Gasteiger partial charge in [-0.2, -0.15) is 4.98 Å². The van der Waals surface area contributed by atoms with E-state index in [9.17, 15) is 8.42 Å². The van der Waals surface area contributed by atoms with Crippen LogP contribution >= 0.6 is 15.9 Å². The number of benzene rings is 2. The van der Waals surface area contributed by atoms with E-state index in [0.717, 1.165) is 74.7 Å². The molecule has 0 saturated carbocycles. The summed E-state index contributed by atoms with van der Waals surface area (Å²) in [6, 6.07) is 10.6. The summed E-state index contributed by atoms with van der Waals surface area (Å²) in [5.74, 6) is 1.63. The summed E-state index contributed by atoms with van der Waals surface area (Å²) in [7, 11) is -1.73. The van der Waals surface area contributed by atoms with Crippen LogP contribution in [0.5, 0.6) is 5.75 Å². The number of para-hydroxylation sites is 1. The average molecular weight is 672 g/mol. The fourth-order valence-corrected chi connectivity index (χ4v) is 7.68. The SMILES string of the molecule is COc1cc(N2CCC(N3CCNCC3)CC2)c(C)cc1Nc1ncc(Br)c(Nc2cccc3c2N(S(C)(=O)=O)CC3)n1. The van der Waals surface area contributed by atoms with Crippen molar-refractivity contribution in [3.8, 4) is 5.75 Å². The molecule has 3 N–H and O–H groups in total. The van der Waals surface area contributed by atoms with Crippen molar-refractivity contribution < 1.29 is 13.2 Å². The van der Waals surface area contributed by atoms with Crippen LogP contribution in [0.15, 0.2) is 41.0 Å². The van der Waals surface area contributed by atoms with Crippen molar-refractivity contribution in [2.75, 3.05) is 79.0 Å². The molecule has 0 bridgehead atoms. The molecule has 2 saturated heterocycles. The van der Waals surface area contributed by atoms with Crippen molar-refractivity contribution in [3.63, 3.8) is 0 Å². The molecule has 0 amide bonds. The number of nitrogens with zero attached hydrogens (tertiary/aromatic N) is 5. The predicted octanol–water partition coefficient (Wildman–Crippen LogP) is 4.24. The highest BCUT2D eigenvalue weighted by Crippen LogP contribution is 2.40. The third kappa shape index (κ3) is 6.40. The van der Waals surface area contributed by atoms with Crippen LogP contribution < -0.4 is 29.9 Å². The molecular formula is C30H39BrN8O3S. The molecular weight excluding hydrogens is 632 g/mol. The van der Waals surface area contributed by atoms with E-state index in [2.05, 4.69) is 65.7 Å². The topological polar surface area (TPSA) is 115 Å². The lowest BCUT2D eigenvalue weighted by Gasteiger charge is -2.41. The molecule has 1 aromatic heterocycles. The van der Waals surface area contributed by atoms with E-state index in [0.29, 0.717) is 46.6 Å². The quantitative estimate of drug-likeness (QED) is 0.322. The van der Waals surface area contributed by atoms with Crippen LogP contribution in [0.2, 0.25) is 0 Å². The van der Waals surface area contributed by atoms with E-state index >= 15 is 0 Å². The number of hydrogen-bond acceptors (Lipinski definition) is 10. The molecule has 0 atom stereocenters. The number of anilines is 6. The Bertz CT molecular complexity index is 1590. The number of ether oxygens (including phenoxy) is 1. The van der Waals surface area contributed by atoms with Gasteiger partial charge in [-0.15, -0.1) is 0 Å². The van der Waals surface area contributed by atoms with E-state index in [1.54, 1.807) is 13.3 Å². The number of aryl methyl sites for hydroxylation is 1. The lowest BCUT2D eigenvalue weighted by atomic mass is 10.0. The van der Waals surface area contributed by atoms with Gasteiger partial charge in [0, 0.05) is 69.8 Å². The number of methoxy groups -OCH3 is 1. The molecule has 0 radical (unpaired) electrons. The van der Waals surface area contributed by atoms with Crippen molar-refractivity contribution in [2.45, 2.75) is 32.2 Å². The molecule has 3 aromatic rings. The number of fused-ring (bicyclic) bond motifs is 1. The Morgan fingerprint density at radius 1 is 1.05 bits per heavy atom. The highest BCUT2D eigenvalue weighted by atomic mass is 79.9. The molecule has 0 unspecified atom stereocenters. The highest BCUT2D eigenvalue weighted by molar-refractivity contribution is 9.10. The molecule has 11 nitrogen and oxygen atoms in total. The normalized spacial score (nSPS) is 18.0. The van der Waals surface area contributed by atoms with Gasteiger partial charge in [-0.05, 0) is 65.4 Å². The fourth-order valence-electron chi connectivity index (χ4n) is 6.42. The number of sulfonamides is 1. The van der Waals surface area contributed by atoms with Crippen LogP contribution in [-0.4, -0.2) is 88.5 Å². The monoisotopic (exact) mass is 670 g/mol. The number of rotatable bonds is 8. The number of piperidine rings is 1. The predicted molar refractivity (Wildman–Crippen MR) is 176 cm³/mol. The fraction of sp³-hybridized carbons (Fsp3) is 0.467. The van der Waals surface area contributed by atoms with Crippen molar-refractivity contribution in [2.24, 2.45) is 0 Å². The molecule has 230 valence electrons. The van der Waals surface area contributed by atoms with Gasteiger partial charge in [-0.25, -0.2) is 13.4 Å². The van der Waals surface area contributed by atoms with Gasteiger partial charge in [-0.1, -0.05) is 12.1 Å². The summed E-state index contributed by atoms with van der Waals surface area (Å²) >= 11 is 3.55. The maximum atomic E-state index is 12.5. The van der Waals surface area contributed by atoms with E-state index < -0.39 is 10.0 Å². The number of piperazine rings is 1. The smallest absolute Gasteiger partial charge is 0.232 e. The Balaban J connectivity index is 1.20. The van der Waals surface area contributed by atoms with Crippen LogP contribution in [-0.2, 0) is 16.4 Å². The van der Waals surface area contributed by atoms with Crippen LogP contribution in [0.25, 0.3) is 0 Å². The van der Waals surface area contributed by atoms with Gasteiger partial charge < -0.3 is 25.6 Å². The lowest BCUT2D eigenvalue weighted by Crippen LogP contribution is -2.52. The molecule has 13 heteroatoms. The van der Waals surface area contributed by atoms with Crippen molar-refractivity contribution in [1.82, 2.24) is 20.2 Å². The maximum Gasteiger partial charge on any atom is 0.232 e. The Morgan fingerprint density at radius 3 is 2.53 bits per heavy atom. The summed E-state index contributed by atoms with van der Waals surface area (Å²) in [4.78, 5) is 14.3. The molecule has 0 aliphatic carbocycles. The first-order valence-corrected chi connectivity index (χ1v) is 17.4. The first kappa shape index (κ1) is 29.9. The highest BCUT2D eigenvalue weighted by Gasteiger charge is 2.30. The second kappa shape index (κ2) is 12.5. The van der Waals surface area contributed by atoms with E-state index in [4.69, 9.17) is 9.72 Å². The summed E-state index contributed by atoms with van der Waals surface area (Å²) < 4.78 is 32.8. The van der Waals surface area contributed by atoms with Gasteiger partial charge in [-0.3, -0.25) is 9.21 Å². The summed E-state index contributed by atoms with van der Waals surface area (Å²) in [6.07, 6.45) is 5.90. The van der Waals surface area contributed by atoms with Gasteiger partial charge in [0.15, 0.2) is 0 Å². The van der Waals surface area contributed by atoms with E-state index in [-0.39, 0.29) is 0 Å². The van der Waals surface area contributed by atoms with Crippen LogP contribution in [0.1, 0.15) is 24.0 Å². The van der Waals surface area contributed by atoms with Gasteiger partial charge in [0.1, 0.15) is 11.6 Å². The first-order chi connectivity index (χ1) is 20.7. The van der Waals surface area contributed by atoms with Gasteiger partial charge >= 0.3 is 0 Å². The molecule has 2 aromatic carbocycles. The average Bonchev–Trinajstić information content (AvgIpc) is 3.46. The largest absolute Gasteiger partial charge is 0.494 e. The van der Waals surface area contributed by atoms with Gasteiger partial charge in [0.05, 0.1) is 34.9 Å². The summed E-state index contributed by atoms with van der Waals surface area (Å²) in [5, 5.41) is 10.1. The zero-order chi connectivity index (χ0) is 30.1. The van der Waals surface area contributed by atoms with Crippen LogP contribution in [0.4, 0.5) is 34.5 Å². The minimum Gasteiger partial charge on any atom is -0.494 e. The van der Waals surface area contributed by atoms with Gasteiger partial charge in [0.2, 0.25) is 16.0 Å². The molecule has 3 aliphatic heterocycles. The molecule has 4 heterocycles. The molecule has 43 heavy (non-hydrogen) atoms. The Morgan fingerprint density at radius 2 is 1.81 bits per heavy atom. The van der Waals surface area contributed by atoms with Crippen molar-refractivity contribution in [3.05, 3.63) is 52.1 Å². The van der Waals surface area contributed by atoms with E-state index in [1.165, 1.54) is 16.2 Å². The summed E-state index contributed by atoms with van der Waals surface area (Å²) in [6.45, 7) is 9.04. The van der Waals surface area contributed by atoms with Crippen molar-refractivity contribution in [1.29, 1.82) is 0 Å². The third-order valence-corrected chi connectivity index (χ3v) is 10.3. The van der Waals surface area contributed by atoms with Crippen molar-refractivity contribution >= 4 is 60.5 Å². The molecule has 2 fully saturated rings. The van der Waals surface area contributed by atoms with Crippen LogP contribution in [0.3, 0.4) is 0 Å². The third-order valence-electron chi connectivity index (χ3n) is 8.59. The molecule has 0 spiro atoms. The Kier molecular flexibility index (Phi) is 8.67. The lowest BCUT2D eigenvalue weighted by molar-refractivity contribution is 0.150. The molecule has 3 aliphatic rings. The second-order valence-corrected chi connectivity index (χ2v) is 14.1. The zero-order valence-corrected chi connectivity index (χ0v) is 27.3. The van der Waals surface area contributed by atoms with E-state index in [1.807, 2.05) is 18.2 Å². The standard InChI is InChI=1S/C30H39BrN8O3S/c1-20-17-25(27(42-2)18-26(20)38-12-8-22(9-13-38)37-15-10-32-11-16-37)35-30-33-19-23(31)29(36-30)34-24-6-4-5-21-7-14-39(28(21)24)43(3,40)41/h4-6,17-19,22,32H,7-16H2,1-3H3,(H2,33,34,35,36). The Labute approximate surface area is 262 Å². The number of aromatic nitrogens is 2.